The zero-order valence-electron chi connectivity index (χ0n) is 11.2. The highest BCUT2D eigenvalue weighted by molar-refractivity contribution is 5.99. The number of para-hydroxylation sites is 1. The lowest BCUT2D eigenvalue weighted by atomic mass is 9.91. The van der Waals surface area contributed by atoms with Crippen molar-refractivity contribution >= 4 is 11.6 Å². The van der Waals surface area contributed by atoms with E-state index in [1.54, 1.807) is 6.07 Å². The predicted octanol–water partition coefficient (Wildman–Crippen LogP) is 1.58. The summed E-state index contributed by atoms with van der Waals surface area (Å²) in [6.45, 7) is 3.65. The molecule has 0 atom stereocenters. The molecule has 2 fully saturated rings. The van der Waals surface area contributed by atoms with Gasteiger partial charge in [-0.05, 0) is 25.0 Å². The summed E-state index contributed by atoms with van der Waals surface area (Å²) in [4.78, 5) is 16.9. The standard InChI is InChI=1S/C15H21N3O/c16-14-7-2-1-6-13(14)15(19)18-10-8-17(9-11-18)12-4-3-5-12/h1-2,6-7,12H,3-5,8-11,16H2. The molecule has 3 rings (SSSR count). The van der Waals surface area contributed by atoms with Crippen LogP contribution < -0.4 is 5.73 Å². The number of carbonyl (C=O) groups is 1. The highest BCUT2D eigenvalue weighted by atomic mass is 16.2. The smallest absolute Gasteiger partial charge is 0.256 e. The monoisotopic (exact) mass is 259 g/mol. The molecule has 1 aromatic rings. The molecule has 1 saturated carbocycles. The zero-order chi connectivity index (χ0) is 13.2. The molecule has 1 heterocycles. The van der Waals surface area contributed by atoms with E-state index in [-0.39, 0.29) is 5.91 Å². The second-order valence-electron chi connectivity index (χ2n) is 5.50. The Bertz CT molecular complexity index is 462. The minimum absolute atomic E-state index is 0.0753. The molecule has 1 saturated heterocycles. The van der Waals surface area contributed by atoms with Gasteiger partial charge in [-0.2, -0.15) is 0 Å². The van der Waals surface area contributed by atoms with Gasteiger partial charge in [0.25, 0.3) is 5.91 Å². The van der Waals surface area contributed by atoms with Crippen molar-refractivity contribution < 1.29 is 4.79 Å². The van der Waals surface area contributed by atoms with E-state index in [9.17, 15) is 4.79 Å². The Morgan fingerprint density at radius 2 is 1.79 bits per heavy atom. The van der Waals surface area contributed by atoms with Crippen LogP contribution in [0.1, 0.15) is 29.6 Å². The van der Waals surface area contributed by atoms with Gasteiger partial charge in [0.15, 0.2) is 0 Å². The maximum atomic E-state index is 12.4. The van der Waals surface area contributed by atoms with E-state index < -0.39 is 0 Å². The van der Waals surface area contributed by atoms with Crippen molar-refractivity contribution in [3.05, 3.63) is 29.8 Å². The topological polar surface area (TPSA) is 49.6 Å². The summed E-state index contributed by atoms with van der Waals surface area (Å²) in [5.41, 5.74) is 7.09. The fraction of sp³-hybridized carbons (Fsp3) is 0.533. The van der Waals surface area contributed by atoms with Crippen molar-refractivity contribution in [3.63, 3.8) is 0 Å². The summed E-state index contributed by atoms with van der Waals surface area (Å²) >= 11 is 0. The van der Waals surface area contributed by atoms with Crippen LogP contribution in [-0.2, 0) is 0 Å². The van der Waals surface area contributed by atoms with Gasteiger partial charge in [-0.3, -0.25) is 9.69 Å². The molecule has 1 aromatic carbocycles. The van der Waals surface area contributed by atoms with Crippen LogP contribution in [0.2, 0.25) is 0 Å². The van der Waals surface area contributed by atoms with Crippen LogP contribution in [0.15, 0.2) is 24.3 Å². The first-order valence-electron chi connectivity index (χ1n) is 7.13. The lowest BCUT2D eigenvalue weighted by Crippen LogP contribution is -2.53. The van der Waals surface area contributed by atoms with Crippen molar-refractivity contribution in [1.29, 1.82) is 0 Å². The highest BCUT2D eigenvalue weighted by Crippen LogP contribution is 2.26. The number of nitrogen functional groups attached to an aromatic ring is 1. The number of piperazine rings is 1. The van der Waals surface area contributed by atoms with Gasteiger partial charge in [-0.25, -0.2) is 0 Å². The summed E-state index contributed by atoms with van der Waals surface area (Å²) < 4.78 is 0. The lowest BCUT2D eigenvalue weighted by Gasteiger charge is -2.43. The molecule has 0 unspecified atom stereocenters. The van der Waals surface area contributed by atoms with Gasteiger partial charge in [0, 0.05) is 37.9 Å². The van der Waals surface area contributed by atoms with Crippen LogP contribution in [-0.4, -0.2) is 47.9 Å². The normalized spacial score (nSPS) is 21.2. The van der Waals surface area contributed by atoms with E-state index in [0.29, 0.717) is 11.3 Å². The minimum atomic E-state index is 0.0753. The van der Waals surface area contributed by atoms with E-state index in [4.69, 9.17) is 5.73 Å². The molecule has 2 N–H and O–H groups in total. The third kappa shape index (κ3) is 2.45. The molecule has 102 valence electrons. The Balaban J connectivity index is 1.62. The van der Waals surface area contributed by atoms with Gasteiger partial charge in [-0.15, -0.1) is 0 Å². The first-order valence-corrected chi connectivity index (χ1v) is 7.13. The third-order valence-electron chi connectivity index (χ3n) is 4.38. The van der Waals surface area contributed by atoms with Gasteiger partial charge in [0.2, 0.25) is 0 Å². The largest absolute Gasteiger partial charge is 0.398 e. The lowest BCUT2D eigenvalue weighted by molar-refractivity contribution is 0.0456. The number of rotatable bonds is 2. The summed E-state index contributed by atoms with van der Waals surface area (Å²) in [6, 6.07) is 8.11. The van der Waals surface area contributed by atoms with Crippen molar-refractivity contribution in [2.75, 3.05) is 31.9 Å². The van der Waals surface area contributed by atoms with Gasteiger partial charge in [0.1, 0.15) is 0 Å². The number of hydrogen-bond acceptors (Lipinski definition) is 3. The van der Waals surface area contributed by atoms with Crippen LogP contribution in [0.5, 0.6) is 0 Å². The first-order chi connectivity index (χ1) is 9.25. The first kappa shape index (κ1) is 12.5. The van der Waals surface area contributed by atoms with E-state index in [2.05, 4.69) is 4.90 Å². The Labute approximate surface area is 114 Å². The SMILES string of the molecule is Nc1ccccc1C(=O)N1CCN(C2CCC2)CC1. The molecule has 1 aliphatic carbocycles. The predicted molar refractivity (Wildman–Crippen MR) is 76.0 cm³/mol. The zero-order valence-corrected chi connectivity index (χ0v) is 11.2. The van der Waals surface area contributed by atoms with Crippen LogP contribution in [0.3, 0.4) is 0 Å². The van der Waals surface area contributed by atoms with Gasteiger partial charge < -0.3 is 10.6 Å². The number of hydrogen-bond donors (Lipinski definition) is 1. The van der Waals surface area contributed by atoms with Crippen LogP contribution >= 0.6 is 0 Å². The highest BCUT2D eigenvalue weighted by Gasteiger charge is 2.29. The molecule has 4 heteroatoms. The molecule has 2 aliphatic rings. The molecule has 1 amide bonds. The van der Waals surface area contributed by atoms with Crippen LogP contribution in [0.4, 0.5) is 5.69 Å². The Morgan fingerprint density at radius 1 is 1.11 bits per heavy atom. The Hall–Kier alpha value is -1.55. The second-order valence-corrected chi connectivity index (χ2v) is 5.50. The fourth-order valence-corrected chi connectivity index (χ4v) is 2.90. The maximum Gasteiger partial charge on any atom is 0.256 e. The number of carbonyl (C=O) groups excluding carboxylic acids is 1. The maximum absolute atomic E-state index is 12.4. The van der Waals surface area contributed by atoms with E-state index in [1.165, 1.54) is 19.3 Å². The Morgan fingerprint density at radius 3 is 2.37 bits per heavy atom. The van der Waals surface area contributed by atoms with Crippen molar-refractivity contribution in [2.45, 2.75) is 25.3 Å². The van der Waals surface area contributed by atoms with Gasteiger partial charge >= 0.3 is 0 Å². The molecular formula is C15H21N3O. The quantitative estimate of drug-likeness (QED) is 0.820. The molecule has 0 bridgehead atoms. The molecule has 4 nitrogen and oxygen atoms in total. The summed E-state index contributed by atoms with van der Waals surface area (Å²) in [6.07, 6.45) is 4.03. The summed E-state index contributed by atoms with van der Waals surface area (Å²) in [5, 5.41) is 0. The molecular weight excluding hydrogens is 238 g/mol. The van der Waals surface area contributed by atoms with Crippen molar-refractivity contribution in [3.8, 4) is 0 Å². The van der Waals surface area contributed by atoms with Crippen LogP contribution in [0, 0.1) is 0 Å². The fourth-order valence-electron chi connectivity index (χ4n) is 2.90. The number of nitrogens with two attached hydrogens (primary N) is 1. The second kappa shape index (κ2) is 5.21. The van der Waals surface area contributed by atoms with E-state index in [1.807, 2.05) is 23.1 Å². The summed E-state index contributed by atoms with van der Waals surface area (Å²) in [5.74, 6) is 0.0753. The molecule has 1 aliphatic heterocycles. The minimum Gasteiger partial charge on any atom is -0.398 e. The molecule has 19 heavy (non-hydrogen) atoms. The molecule has 0 radical (unpaired) electrons. The van der Waals surface area contributed by atoms with E-state index in [0.717, 1.165) is 32.2 Å². The number of nitrogens with zero attached hydrogens (tertiary/aromatic N) is 2. The van der Waals surface area contributed by atoms with E-state index >= 15 is 0 Å². The summed E-state index contributed by atoms with van der Waals surface area (Å²) in [7, 11) is 0. The number of benzene rings is 1. The van der Waals surface area contributed by atoms with Gasteiger partial charge in [0.05, 0.1) is 5.56 Å². The van der Waals surface area contributed by atoms with Crippen LogP contribution in [0.25, 0.3) is 0 Å². The number of amides is 1. The average molecular weight is 259 g/mol. The van der Waals surface area contributed by atoms with Crippen molar-refractivity contribution in [1.82, 2.24) is 9.80 Å². The molecule has 0 aromatic heterocycles. The molecule has 0 spiro atoms. The third-order valence-corrected chi connectivity index (χ3v) is 4.38. The average Bonchev–Trinajstić information content (AvgIpc) is 2.37. The number of anilines is 1. The van der Waals surface area contributed by atoms with Gasteiger partial charge in [-0.1, -0.05) is 18.6 Å². The van der Waals surface area contributed by atoms with Crippen molar-refractivity contribution in [2.24, 2.45) is 0 Å². The Kier molecular flexibility index (Phi) is 3.42.